The van der Waals surface area contributed by atoms with Crippen LogP contribution in [0.15, 0.2) is 22.4 Å². The van der Waals surface area contributed by atoms with Gasteiger partial charge in [-0.25, -0.2) is 9.78 Å². The molecule has 2 aromatic rings. The van der Waals surface area contributed by atoms with Crippen LogP contribution in [0.1, 0.15) is 32.4 Å². The summed E-state index contributed by atoms with van der Waals surface area (Å²) in [5.41, 5.74) is -0.795. The largest absolute Gasteiger partial charge is 0.480 e. The maximum atomic E-state index is 12.0. The molecule has 130 valence electrons. The Morgan fingerprint density at radius 3 is 2.92 bits per heavy atom. The number of nitrogens with one attached hydrogen (secondary N) is 1. The lowest BCUT2D eigenvalue weighted by atomic mass is 9.96. The van der Waals surface area contributed by atoms with Crippen molar-refractivity contribution in [1.29, 1.82) is 0 Å². The molecule has 1 unspecified atom stereocenters. The monoisotopic (exact) mass is 369 g/mol. The van der Waals surface area contributed by atoms with Crippen molar-refractivity contribution in [2.24, 2.45) is 0 Å². The number of carboxylic acid groups (broad SMARTS) is 1. The van der Waals surface area contributed by atoms with Gasteiger partial charge in [-0.2, -0.15) is 0 Å². The van der Waals surface area contributed by atoms with Gasteiger partial charge in [-0.05, 0) is 13.3 Å². The van der Waals surface area contributed by atoms with Crippen molar-refractivity contribution in [1.82, 2.24) is 14.7 Å². The first-order chi connectivity index (χ1) is 11.4. The van der Waals surface area contributed by atoms with E-state index in [9.17, 15) is 19.5 Å². The quantitative estimate of drug-likeness (QED) is 0.735. The highest BCUT2D eigenvalue weighted by atomic mass is 32.2. The second kappa shape index (κ2) is 7.80. The zero-order valence-corrected chi connectivity index (χ0v) is 15.1. The molecule has 7 nitrogen and oxygen atoms in total. The number of thioether (sulfide) groups is 1. The van der Waals surface area contributed by atoms with Gasteiger partial charge in [-0.1, -0.05) is 13.3 Å². The molecule has 2 aromatic heterocycles. The first-order valence-corrected chi connectivity index (χ1v) is 9.47. The summed E-state index contributed by atoms with van der Waals surface area (Å²) in [5.74, 6) is -0.861. The zero-order chi connectivity index (χ0) is 17.7. The molecule has 2 N–H and O–H groups in total. The van der Waals surface area contributed by atoms with Gasteiger partial charge in [0.05, 0.1) is 11.4 Å². The van der Waals surface area contributed by atoms with Crippen molar-refractivity contribution in [2.45, 2.75) is 38.0 Å². The van der Waals surface area contributed by atoms with Gasteiger partial charge >= 0.3 is 5.97 Å². The summed E-state index contributed by atoms with van der Waals surface area (Å²) in [6.07, 6.45) is 2.69. The fourth-order valence-corrected chi connectivity index (χ4v) is 3.73. The van der Waals surface area contributed by atoms with E-state index in [4.69, 9.17) is 0 Å². The van der Waals surface area contributed by atoms with Crippen molar-refractivity contribution < 1.29 is 14.7 Å². The van der Waals surface area contributed by atoms with Crippen LogP contribution in [-0.4, -0.2) is 37.7 Å². The first kappa shape index (κ1) is 18.5. The Kier molecular flexibility index (Phi) is 6.00. The number of carbonyl (C=O) groups excluding carboxylic acids is 1. The molecule has 24 heavy (non-hydrogen) atoms. The van der Waals surface area contributed by atoms with Crippen molar-refractivity contribution >= 4 is 39.9 Å². The fraction of sp³-hybridized carbons (Fsp3) is 0.467. The molecule has 0 saturated carbocycles. The Labute approximate surface area is 147 Å². The molecule has 0 saturated heterocycles. The van der Waals surface area contributed by atoms with Gasteiger partial charge in [-0.15, -0.1) is 23.1 Å². The van der Waals surface area contributed by atoms with E-state index in [0.29, 0.717) is 29.2 Å². The summed E-state index contributed by atoms with van der Waals surface area (Å²) in [7, 11) is 0. The highest BCUT2D eigenvalue weighted by Crippen LogP contribution is 2.15. The molecule has 2 rings (SSSR count). The molecule has 0 radical (unpaired) electrons. The Bertz CT molecular complexity index is 801. The normalized spacial score (nSPS) is 13.6. The third-order valence-electron chi connectivity index (χ3n) is 3.48. The predicted octanol–water partition coefficient (Wildman–Crippen LogP) is 1.75. The van der Waals surface area contributed by atoms with Crippen LogP contribution in [0.25, 0.3) is 4.96 Å². The Morgan fingerprint density at radius 2 is 2.25 bits per heavy atom. The molecule has 0 aromatic carbocycles. The van der Waals surface area contributed by atoms with Gasteiger partial charge in [0.1, 0.15) is 5.54 Å². The standard InChI is InChI=1S/C15H19N3O4S2/c1-3-4-15(2,13(21)22)17-11(19)9-23-8-10-7-12(20)18-5-6-24-14(18)16-10/h5-7H,3-4,8-9H2,1-2H3,(H,17,19)(H,21,22). The zero-order valence-electron chi connectivity index (χ0n) is 13.4. The van der Waals surface area contributed by atoms with E-state index >= 15 is 0 Å². The van der Waals surface area contributed by atoms with Gasteiger partial charge in [0.2, 0.25) is 5.91 Å². The molecule has 0 aliphatic heterocycles. The molecule has 0 aliphatic rings. The number of nitrogens with zero attached hydrogens (tertiary/aromatic N) is 2. The van der Waals surface area contributed by atoms with Crippen LogP contribution in [0.3, 0.4) is 0 Å². The van der Waals surface area contributed by atoms with Crippen molar-refractivity contribution in [2.75, 3.05) is 5.75 Å². The number of carbonyl (C=O) groups is 2. The van der Waals surface area contributed by atoms with Crippen molar-refractivity contribution in [3.63, 3.8) is 0 Å². The highest BCUT2D eigenvalue weighted by molar-refractivity contribution is 7.99. The van der Waals surface area contributed by atoms with Gasteiger partial charge < -0.3 is 10.4 Å². The Morgan fingerprint density at radius 1 is 1.50 bits per heavy atom. The molecule has 0 bridgehead atoms. The molecule has 2 heterocycles. The minimum absolute atomic E-state index is 0.109. The van der Waals surface area contributed by atoms with Crippen LogP contribution in [0.5, 0.6) is 0 Å². The smallest absolute Gasteiger partial charge is 0.329 e. The van der Waals surface area contributed by atoms with E-state index in [1.807, 2.05) is 6.92 Å². The molecular weight excluding hydrogens is 350 g/mol. The average molecular weight is 369 g/mol. The maximum absolute atomic E-state index is 12.0. The van der Waals surface area contributed by atoms with Gasteiger partial charge in [0.15, 0.2) is 4.96 Å². The van der Waals surface area contributed by atoms with E-state index in [0.717, 1.165) is 0 Å². The Hall–Kier alpha value is -1.87. The van der Waals surface area contributed by atoms with Crippen LogP contribution in [-0.2, 0) is 15.3 Å². The van der Waals surface area contributed by atoms with Crippen LogP contribution in [0.4, 0.5) is 0 Å². The highest BCUT2D eigenvalue weighted by Gasteiger charge is 2.33. The summed E-state index contributed by atoms with van der Waals surface area (Å²) < 4.78 is 1.47. The van der Waals surface area contributed by atoms with E-state index in [1.54, 1.807) is 11.6 Å². The minimum Gasteiger partial charge on any atom is -0.480 e. The molecule has 0 aliphatic carbocycles. The second-order valence-electron chi connectivity index (χ2n) is 5.57. The number of aliphatic carboxylic acids is 1. The van der Waals surface area contributed by atoms with E-state index in [-0.39, 0.29) is 17.2 Å². The minimum atomic E-state index is -1.25. The van der Waals surface area contributed by atoms with Crippen molar-refractivity contribution in [3.8, 4) is 0 Å². The van der Waals surface area contributed by atoms with Crippen molar-refractivity contribution in [3.05, 3.63) is 33.7 Å². The summed E-state index contributed by atoms with van der Waals surface area (Å²) >= 11 is 2.66. The lowest BCUT2D eigenvalue weighted by Crippen LogP contribution is -2.52. The number of hydrogen-bond acceptors (Lipinski definition) is 6. The SMILES string of the molecule is CCCC(C)(NC(=O)CSCc1cc(=O)n2ccsc2n1)C(=O)O. The lowest BCUT2D eigenvalue weighted by Gasteiger charge is -2.25. The summed E-state index contributed by atoms with van der Waals surface area (Å²) in [6, 6.07) is 1.45. The summed E-state index contributed by atoms with van der Waals surface area (Å²) in [4.78, 5) is 40.1. The summed E-state index contributed by atoms with van der Waals surface area (Å²) in [6.45, 7) is 3.38. The third kappa shape index (κ3) is 4.35. The van der Waals surface area contributed by atoms with Crippen LogP contribution in [0, 0.1) is 0 Å². The number of thiazole rings is 1. The number of aromatic nitrogens is 2. The second-order valence-corrected chi connectivity index (χ2v) is 7.43. The third-order valence-corrected chi connectivity index (χ3v) is 5.20. The van der Waals surface area contributed by atoms with E-state index in [2.05, 4.69) is 10.3 Å². The molecule has 0 spiro atoms. The number of carboxylic acids is 1. The number of amides is 1. The van der Waals surface area contributed by atoms with Crippen LogP contribution >= 0.6 is 23.1 Å². The molecule has 0 fully saturated rings. The van der Waals surface area contributed by atoms with Crippen LogP contribution in [0.2, 0.25) is 0 Å². The first-order valence-electron chi connectivity index (χ1n) is 7.43. The lowest BCUT2D eigenvalue weighted by molar-refractivity contribution is -0.146. The molecule has 1 atom stereocenters. The number of rotatable bonds is 8. The number of hydrogen-bond donors (Lipinski definition) is 2. The van der Waals surface area contributed by atoms with Crippen LogP contribution < -0.4 is 10.9 Å². The van der Waals surface area contributed by atoms with Gasteiger partial charge in [0.25, 0.3) is 5.56 Å². The average Bonchev–Trinajstić information content (AvgIpc) is 2.96. The Balaban J connectivity index is 1.91. The summed E-state index contributed by atoms with van der Waals surface area (Å²) in [5, 5.41) is 13.6. The van der Waals surface area contributed by atoms with E-state index < -0.39 is 11.5 Å². The van der Waals surface area contributed by atoms with Gasteiger partial charge in [0, 0.05) is 23.4 Å². The number of fused-ring (bicyclic) bond motifs is 1. The maximum Gasteiger partial charge on any atom is 0.329 e. The van der Waals surface area contributed by atoms with Gasteiger partial charge in [-0.3, -0.25) is 14.0 Å². The molecular formula is C15H19N3O4S2. The molecule has 9 heteroatoms. The van der Waals surface area contributed by atoms with E-state index in [1.165, 1.54) is 40.5 Å². The topological polar surface area (TPSA) is 101 Å². The molecule has 1 amide bonds. The fourth-order valence-electron chi connectivity index (χ4n) is 2.28. The predicted molar refractivity (Wildman–Crippen MR) is 94.6 cm³/mol.